The average Bonchev–Trinajstić information content (AvgIpc) is 0.781. The van der Waals surface area contributed by atoms with Crippen molar-refractivity contribution in [3.8, 4) is 80.1 Å². The van der Waals surface area contributed by atoms with E-state index in [4.69, 9.17) is 48.9 Å². The fourth-order valence-corrected chi connectivity index (χ4v) is 11.6. The standard InChI is InChI=1S/C64H59Cl2N9O17/c65-38-15-27-5-11-44(38)91-47-22-32-23-48(57(47)82)92-45-12-8-30(20-39(45)66)56(81)55-64(89)74-54(60(85)69-14-4-2-1-3-13-67)37-25-34(77)26-43(80)49(37)36-19-29(7-9-41(36)78)51(61(86)75-55)72-63(88)53(32)73-62(87)52-31-17-33(76)24-35(18-31)90-46-21-28(6-10-42(46)79)50(68)59(84)70-40(16-27)58(83)71-52/h5-12,15,17-26,40,50-56,76-82H,1-4,13-14,16,67-68H2,(H,69,85)(H,70,84)(H,71,83)(H,72,88)(H,73,87)(H,74,89)(H,75,86)/t40-,50+,51-,52+,53-,54+,55+,56-/m1/s1. The predicted octanol–water partition coefficient (Wildman–Crippen LogP) is 5.54. The van der Waals surface area contributed by atoms with Crippen LogP contribution in [0.3, 0.4) is 0 Å². The molecule has 0 fully saturated rings. The van der Waals surface area contributed by atoms with Crippen LogP contribution >= 0.6 is 23.2 Å². The number of nitrogens with two attached hydrogens (primary N) is 2. The fraction of sp³-hybridized carbons (Fsp3) is 0.234. The molecule has 7 aromatic rings. The minimum Gasteiger partial charge on any atom is -0.508 e. The van der Waals surface area contributed by atoms with Gasteiger partial charge in [-0.05, 0) is 137 Å². The Morgan fingerprint density at radius 2 is 1.12 bits per heavy atom. The Kier molecular flexibility index (Phi) is 17.9. The number of hydrogen-bond donors (Lipinski definition) is 16. The first-order chi connectivity index (χ1) is 44.0. The average molecular weight is 1300 g/mol. The van der Waals surface area contributed by atoms with Crippen LogP contribution in [0.1, 0.15) is 101 Å². The second-order valence-electron chi connectivity index (χ2n) is 22.3. The SMILES string of the molecule is NCCCCCCNC(=O)[C@H]1NC(=O)[C@H]2NC(=O)[C@H](NC(=O)[C@@H]3NC(=O)[C@H]4NC(=O)[C@@H](Cc5ccc(c(Cl)c5)Oc5cc3cc(c5O)Oc3ccc(cc3Cl)[C@H]2O)NC(=O)[C@@H](N)c2ccc(O)c(c2)Oc2cc(O)cc4c2)c2ccc(O)c(c2)-c2c(O)cc(O)cc21. The Morgan fingerprint density at radius 3 is 1.82 bits per heavy atom. The van der Waals surface area contributed by atoms with Crippen molar-refractivity contribution in [2.75, 3.05) is 13.1 Å². The molecule has 6 aliphatic heterocycles. The van der Waals surface area contributed by atoms with E-state index >= 15 is 19.2 Å². The van der Waals surface area contributed by atoms with Crippen LogP contribution in [-0.4, -0.2) is 102 Å². The lowest BCUT2D eigenvalue weighted by molar-refractivity contribution is -0.137. The van der Waals surface area contributed by atoms with Crippen LogP contribution in [0.15, 0.2) is 115 Å². The summed E-state index contributed by atoms with van der Waals surface area (Å²) in [7, 11) is 0. The fourth-order valence-electron chi connectivity index (χ4n) is 11.2. The Bertz CT molecular complexity index is 4170. The topological polar surface area (TPSA) is 425 Å². The summed E-state index contributed by atoms with van der Waals surface area (Å²) in [5, 5.41) is 99.1. The minimum atomic E-state index is -2.15. The molecule has 0 radical (unpaired) electrons. The van der Waals surface area contributed by atoms with E-state index in [2.05, 4.69) is 37.2 Å². The molecule has 476 valence electrons. The van der Waals surface area contributed by atoms with Gasteiger partial charge in [0.15, 0.2) is 23.0 Å². The number of aliphatic hydroxyl groups is 1. The maximum Gasteiger partial charge on any atom is 0.248 e. The van der Waals surface area contributed by atoms with Crippen LogP contribution in [0.5, 0.6) is 69.0 Å². The molecule has 0 saturated heterocycles. The van der Waals surface area contributed by atoms with Gasteiger partial charge in [0.25, 0.3) is 0 Å². The first-order valence-corrected chi connectivity index (χ1v) is 29.6. The third-order valence-electron chi connectivity index (χ3n) is 15.9. The lowest BCUT2D eigenvalue weighted by Crippen LogP contribution is -2.56. The highest BCUT2D eigenvalue weighted by Gasteiger charge is 2.41. The molecule has 26 nitrogen and oxygen atoms in total. The second kappa shape index (κ2) is 26.1. The molecule has 0 saturated carbocycles. The molecule has 6 heterocycles. The summed E-state index contributed by atoms with van der Waals surface area (Å²) >= 11 is 13.8. The molecule has 7 amide bonds. The maximum atomic E-state index is 15.9. The Hall–Kier alpha value is -10.5. The lowest BCUT2D eigenvalue weighted by Gasteiger charge is -2.31. The van der Waals surface area contributed by atoms with Crippen LogP contribution in [0, 0.1) is 0 Å². The summed E-state index contributed by atoms with van der Waals surface area (Å²) in [4.78, 5) is 106. The molecule has 0 aromatic heterocycles. The zero-order valence-electron chi connectivity index (χ0n) is 48.2. The number of carbonyl (C=O) groups excluding carboxylic acids is 7. The summed E-state index contributed by atoms with van der Waals surface area (Å²) in [6.45, 7) is 0.528. The van der Waals surface area contributed by atoms with Gasteiger partial charge in [0.2, 0.25) is 47.1 Å². The van der Waals surface area contributed by atoms with Gasteiger partial charge in [-0.3, -0.25) is 33.6 Å². The molecule has 6 aliphatic rings. The van der Waals surface area contributed by atoms with Crippen molar-refractivity contribution >= 4 is 64.6 Å². The molecule has 13 rings (SSSR count). The van der Waals surface area contributed by atoms with Crippen LogP contribution in [-0.2, 0) is 40.0 Å². The van der Waals surface area contributed by atoms with Crippen molar-refractivity contribution in [1.82, 2.24) is 37.2 Å². The van der Waals surface area contributed by atoms with E-state index in [0.29, 0.717) is 24.9 Å². The maximum absolute atomic E-state index is 15.9. The van der Waals surface area contributed by atoms with Crippen molar-refractivity contribution in [2.24, 2.45) is 11.5 Å². The third kappa shape index (κ3) is 13.1. The minimum absolute atomic E-state index is 0.0747. The van der Waals surface area contributed by atoms with Gasteiger partial charge in [0.05, 0.1) is 10.0 Å². The quantitative estimate of drug-likeness (QED) is 0.0871. The molecule has 8 atom stereocenters. The number of halogens is 2. The number of aromatic hydroxyl groups is 6. The number of amides is 7. The summed E-state index contributed by atoms with van der Waals surface area (Å²) in [6, 6.07) is 9.40. The van der Waals surface area contributed by atoms with Gasteiger partial charge in [-0.25, -0.2) is 0 Å². The second-order valence-corrected chi connectivity index (χ2v) is 23.1. The van der Waals surface area contributed by atoms with E-state index in [1.54, 1.807) is 0 Å². The number of ether oxygens (including phenoxy) is 3. The van der Waals surface area contributed by atoms with Gasteiger partial charge in [0.1, 0.15) is 88.6 Å². The van der Waals surface area contributed by atoms with Gasteiger partial charge in [-0.15, -0.1) is 0 Å². The van der Waals surface area contributed by atoms with Crippen molar-refractivity contribution in [3.63, 3.8) is 0 Å². The van der Waals surface area contributed by atoms with Crippen molar-refractivity contribution in [1.29, 1.82) is 0 Å². The van der Waals surface area contributed by atoms with Gasteiger partial charge in [-0.1, -0.05) is 60.3 Å². The normalized spacial score (nSPS) is 21.2. The summed E-state index contributed by atoms with van der Waals surface area (Å²) in [5.41, 5.74) is 10.7. The molecular weight excluding hydrogens is 1240 g/mol. The largest absolute Gasteiger partial charge is 0.508 e. The van der Waals surface area contributed by atoms with Gasteiger partial charge in [-0.2, -0.15) is 0 Å². The monoisotopic (exact) mass is 1300 g/mol. The van der Waals surface area contributed by atoms with E-state index in [9.17, 15) is 50.1 Å². The van der Waals surface area contributed by atoms with E-state index in [1.807, 2.05) is 0 Å². The predicted molar refractivity (Wildman–Crippen MR) is 328 cm³/mol. The number of phenols is 6. The number of hydrogen-bond acceptors (Lipinski definition) is 19. The molecular formula is C64H59Cl2N9O17. The van der Waals surface area contributed by atoms with Gasteiger partial charge >= 0.3 is 0 Å². The van der Waals surface area contributed by atoms with Crippen molar-refractivity contribution in [2.45, 2.75) is 80.5 Å². The molecule has 0 spiro atoms. The summed E-state index contributed by atoms with van der Waals surface area (Å²) < 4.78 is 18.5. The van der Waals surface area contributed by atoms with Crippen LogP contribution in [0.25, 0.3) is 11.1 Å². The van der Waals surface area contributed by atoms with Crippen LogP contribution in [0.4, 0.5) is 0 Å². The Morgan fingerprint density at radius 1 is 0.522 bits per heavy atom. The first-order valence-electron chi connectivity index (χ1n) is 28.8. The number of nitrogens with one attached hydrogen (secondary N) is 7. The molecule has 0 aliphatic carbocycles. The number of aliphatic hydroxyl groups excluding tert-OH is 1. The first kappa shape index (κ1) is 63.1. The van der Waals surface area contributed by atoms with E-state index in [-0.39, 0.29) is 90.5 Å². The lowest BCUT2D eigenvalue weighted by atomic mass is 9.89. The smallest absolute Gasteiger partial charge is 0.248 e. The highest BCUT2D eigenvalue weighted by molar-refractivity contribution is 6.32. The number of carbonyl (C=O) groups is 7. The molecule has 92 heavy (non-hydrogen) atoms. The Labute approximate surface area is 532 Å². The highest BCUT2D eigenvalue weighted by Crippen LogP contribution is 2.48. The zero-order valence-corrected chi connectivity index (χ0v) is 49.7. The number of fused-ring (bicyclic) bond motifs is 14. The van der Waals surface area contributed by atoms with Crippen LogP contribution in [0.2, 0.25) is 10.0 Å². The molecule has 18 N–H and O–H groups in total. The van der Waals surface area contributed by atoms with E-state index in [0.717, 1.165) is 61.4 Å². The highest BCUT2D eigenvalue weighted by atomic mass is 35.5. The summed E-state index contributed by atoms with van der Waals surface area (Å²) in [6.07, 6.45) is 0.187. The number of unbranched alkanes of at least 4 members (excludes halogenated alkanes) is 3. The van der Waals surface area contributed by atoms with Gasteiger partial charge in [0, 0.05) is 36.2 Å². The number of phenolic OH excluding ortho intramolecular Hbond substituents is 6. The molecule has 7 aromatic carbocycles. The Balaban J connectivity index is 1.11. The zero-order chi connectivity index (χ0) is 65.4. The van der Waals surface area contributed by atoms with E-state index in [1.165, 1.54) is 66.7 Å². The molecule has 17 bridgehead atoms. The van der Waals surface area contributed by atoms with Crippen molar-refractivity contribution < 1.29 is 83.5 Å². The number of rotatable bonds is 7. The van der Waals surface area contributed by atoms with E-state index < -0.39 is 136 Å². The molecule has 0 unspecified atom stereocenters. The summed E-state index contributed by atoms with van der Waals surface area (Å²) in [5.74, 6) is -13.4. The van der Waals surface area contributed by atoms with Crippen molar-refractivity contribution in [3.05, 3.63) is 164 Å². The third-order valence-corrected chi connectivity index (χ3v) is 16.5. The van der Waals surface area contributed by atoms with Gasteiger partial charge < -0.3 is 98.6 Å². The van der Waals surface area contributed by atoms with Crippen LogP contribution < -0.4 is 62.9 Å². The molecule has 28 heteroatoms. The number of benzene rings is 7.